The molecule has 5 heteroatoms. The summed E-state index contributed by atoms with van der Waals surface area (Å²) in [7, 11) is 0. The van der Waals surface area contributed by atoms with E-state index in [1.165, 1.54) is 0 Å². The van der Waals surface area contributed by atoms with Crippen molar-refractivity contribution in [3.63, 3.8) is 0 Å². The molecule has 0 radical (unpaired) electrons. The SMILES string of the molecule is CCCC(=O)O.NCCC(=O)O. The molecule has 0 bridgehead atoms. The van der Waals surface area contributed by atoms with Crippen molar-refractivity contribution < 1.29 is 19.8 Å². The monoisotopic (exact) mass is 177 g/mol. The van der Waals surface area contributed by atoms with Gasteiger partial charge in [-0.3, -0.25) is 9.59 Å². The zero-order chi connectivity index (χ0) is 9.98. The van der Waals surface area contributed by atoms with E-state index in [-0.39, 0.29) is 13.0 Å². The lowest BCUT2D eigenvalue weighted by molar-refractivity contribution is -0.137. The maximum atomic E-state index is 9.60. The van der Waals surface area contributed by atoms with E-state index in [9.17, 15) is 9.59 Å². The first-order valence-corrected chi connectivity index (χ1v) is 3.68. The van der Waals surface area contributed by atoms with Gasteiger partial charge in [-0.1, -0.05) is 6.92 Å². The quantitative estimate of drug-likeness (QED) is 0.573. The van der Waals surface area contributed by atoms with Crippen LogP contribution in [-0.4, -0.2) is 28.7 Å². The summed E-state index contributed by atoms with van der Waals surface area (Å²) in [6.07, 6.45) is 1.09. The lowest BCUT2D eigenvalue weighted by Crippen LogP contribution is -2.05. The second kappa shape index (κ2) is 9.90. The van der Waals surface area contributed by atoms with Crippen LogP contribution in [-0.2, 0) is 9.59 Å². The number of aliphatic carboxylic acids is 2. The number of hydrogen-bond acceptors (Lipinski definition) is 3. The number of carboxylic acid groups (broad SMARTS) is 2. The molecule has 0 fully saturated rings. The Bertz CT molecular complexity index is 119. The van der Waals surface area contributed by atoms with Crippen molar-refractivity contribution >= 4 is 11.9 Å². The summed E-state index contributed by atoms with van der Waals surface area (Å²) in [6.45, 7) is 2.07. The Morgan fingerprint density at radius 3 is 1.58 bits per heavy atom. The van der Waals surface area contributed by atoms with E-state index in [4.69, 9.17) is 15.9 Å². The van der Waals surface area contributed by atoms with Crippen LogP contribution in [0.25, 0.3) is 0 Å². The van der Waals surface area contributed by atoms with Crippen LogP contribution in [0, 0.1) is 0 Å². The molecule has 12 heavy (non-hydrogen) atoms. The van der Waals surface area contributed by atoms with E-state index >= 15 is 0 Å². The van der Waals surface area contributed by atoms with Gasteiger partial charge in [-0.2, -0.15) is 0 Å². The molecule has 4 N–H and O–H groups in total. The summed E-state index contributed by atoms with van der Waals surface area (Å²) in [5.41, 5.74) is 4.85. The van der Waals surface area contributed by atoms with Gasteiger partial charge in [0.25, 0.3) is 0 Å². The predicted molar refractivity (Wildman–Crippen MR) is 43.9 cm³/mol. The van der Waals surface area contributed by atoms with E-state index in [1.807, 2.05) is 6.92 Å². The highest BCUT2D eigenvalue weighted by atomic mass is 16.4. The van der Waals surface area contributed by atoms with Crippen LogP contribution in [0.1, 0.15) is 26.2 Å². The molecule has 72 valence electrons. The van der Waals surface area contributed by atoms with Gasteiger partial charge in [-0.15, -0.1) is 0 Å². The molecule has 0 aliphatic rings. The van der Waals surface area contributed by atoms with Crippen LogP contribution in [0.2, 0.25) is 0 Å². The first kappa shape index (κ1) is 13.5. The molecule has 0 saturated heterocycles. The first-order valence-electron chi connectivity index (χ1n) is 3.68. The molecule has 0 rings (SSSR count). The zero-order valence-electron chi connectivity index (χ0n) is 7.12. The average Bonchev–Trinajstić information content (AvgIpc) is 1.87. The summed E-state index contributed by atoms with van der Waals surface area (Å²) in [6, 6.07) is 0. The Kier molecular flexibility index (Phi) is 11.1. The maximum Gasteiger partial charge on any atom is 0.304 e. The van der Waals surface area contributed by atoms with Crippen molar-refractivity contribution in [3.8, 4) is 0 Å². The minimum atomic E-state index is -0.836. The van der Waals surface area contributed by atoms with Crippen LogP contribution in [0.4, 0.5) is 0 Å². The van der Waals surface area contributed by atoms with Gasteiger partial charge in [0.05, 0.1) is 6.42 Å². The van der Waals surface area contributed by atoms with Crippen LogP contribution >= 0.6 is 0 Å². The second-order valence-electron chi connectivity index (χ2n) is 2.08. The topological polar surface area (TPSA) is 101 Å². The van der Waals surface area contributed by atoms with E-state index in [0.717, 1.165) is 6.42 Å². The average molecular weight is 177 g/mol. The fourth-order valence-corrected chi connectivity index (χ4v) is 0.337. The lowest BCUT2D eigenvalue weighted by atomic mass is 10.4. The first-order chi connectivity index (χ1) is 5.54. The number of carboxylic acids is 2. The van der Waals surface area contributed by atoms with Gasteiger partial charge in [0.2, 0.25) is 0 Å². The summed E-state index contributed by atoms with van der Waals surface area (Å²) >= 11 is 0. The molecule has 0 heterocycles. The molecule has 0 amide bonds. The molecule has 0 aliphatic heterocycles. The zero-order valence-corrected chi connectivity index (χ0v) is 7.12. The van der Waals surface area contributed by atoms with Crippen LogP contribution in [0.15, 0.2) is 0 Å². The number of carbonyl (C=O) groups is 2. The van der Waals surface area contributed by atoms with Gasteiger partial charge in [0, 0.05) is 13.0 Å². The minimum Gasteiger partial charge on any atom is -0.481 e. The molecule has 0 unspecified atom stereocenters. The largest absolute Gasteiger partial charge is 0.481 e. The highest BCUT2D eigenvalue weighted by molar-refractivity contribution is 5.66. The highest BCUT2D eigenvalue weighted by Crippen LogP contribution is 1.82. The highest BCUT2D eigenvalue weighted by Gasteiger charge is 1.88. The van der Waals surface area contributed by atoms with Crippen molar-refractivity contribution in [2.24, 2.45) is 5.73 Å². The van der Waals surface area contributed by atoms with Crippen molar-refractivity contribution in [1.82, 2.24) is 0 Å². The second-order valence-corrected chi connectivity index (χ2v) is 2.08. The van der Waals surface area contributed by atoms with Gasteiger partial charge in [0.1, 0.15) is 0 Å². The molecule has 0 aliphatic carbocycles. The van der Waals surface area contributed by atoms with Gasteiger partial charge >= 0.3 is 11.9 Å². The summed E-state index contributed by atoms with van der Waals surface area (Å²) in [5, 5.41) is 15.7. The van der Waals surface area contributed by atoms with Crippen molar-refractivity contribution in [2.45, 2.75) is 26.2 Å². The summed E-state index contributed by atoms with van der Waals surface area (Å²) in [5.74, 6) is -1.55. The molecular formula is C7H15NO4. The summed E-state index contributed by atoms with van der Waals surface area (Å²) < 4.78 is 0. The van der Waals surface area contributed by atoms with E-state index in [1.54, 1.807) is 0 Å². The Morgan fingerprint density at radius 2 is 1.58 bits per heavy atom. The van der Waals surface area contributed by atoms with Crippen molar-refractivity contribution in [2.75, 3.05) is 6.54 Å². The third kappa shape index (κ3) is 23.1. The molecule has 0 aromatic carbocycles. The molecule has 5 nitrogen and oxygen atoms in total. The van der Waals surface area contributed by atoms with Crippen molar-refractivity contribution in [3.05, 3.63) is 0 Å². The molecule has 0 aromatic heterocycles. The number of hydrogen-bond donors (Lipinski definition) is 3. The Morgan fingerprint density at radius 1 is 1.17 bits per heavy atom. The maximum absolute atomic E-state index is 9.60. The predicted octanol–water partition coefficient (Wildman–Crippen LogP) is 0.291. The molecule has 0 atom stereocenters. The standard InChI is InChI=1S/C4H8O2.C3H7NO2/c1-2-3-4(5)6;4-2-1-3(5)6/h2-3H2,1H3,(H,5,6);1-2,4H2,(H,5,6). The normalized spacial score (nSPS) is 8.17. The van der Waals surface area contributed by atoms with Gasteiger partial charge < -0.3 is 15.9 Å². The smallest absolute Gasteiger partial charge is 0.304 e. The molecular weight excluding hydrogens is 162 g/mol. The van der Waals surface area contributed by atoms with E-state index in [2.05, 4.69) is 0 Å². The Balaban J connectivity index is 0. The number of nitrogens with two attached hydrogens (primary N) is 1. The fraction of sp³-hybridized carbons (Fsp3) is 0.714. The molecule has 0 saturated carbocycles. The Labute approximate surface area is 71.2 Å². The van der Waals surface area contributed by atoms with Gasteiger partial charge in [-0.05, 0) is 6.42 Å². The molecule has 0 spiro atoms. The Hall–Kier alpha value is -1.10. The summed E-state index contributed by atoms with van der Waals surface area (Å²) in [4.78, 5) is 19.1. The lowest BCUT2D eigenvalue weighted by Gasteiger charge is -1.80. The third-order valence-corrected chi connectivity index (χ3v) is 0.822. The van der Waals surface area contributed by atoms with E-state index in [0.29, 0.717) is 6.42 Å². The van der Waals surface area contributed by atoms with Crippen LogP contribution in [0.3, 0.4) is 0 Å². The molecule has 0 aromatic rings. The third-order valence-electron chi connectivity index (χ3n) is 0.822. The van der Waals surface area contributed by atoms with Crippen LogP contribution < -0.4 is 5.73 Å². The van der Waals surface area contributed by atoms with Gasteiger partial charge in [-0.25, -0.2) is 0 Å². The fourth-order valence-electron chi connectivity index (χ4n) is 0.337. The minimum absolute atomic E-state index is 0.0694. The van der Waals surface area contributed by atoms with E-state index < -0.39 is 11.9 Å². The van der Waals surface area contributed by atoms with Crippen LogP contribution in [0.5, 0.6) is 0 Å². The van der Waals surface area contributed by atoms with Crippen molar-refractivity contribution in [1.29, 1.82) is 0 Å². The number of rotatable bonds is 4. The van der Waals surface area contributed by atoms with Gasteiger partial charge in [0.15, 0.2) is 0 Å².